The smallest absolute Gasteiger partial charge is 0.347 e. The van der Waals surface area contributed by atoms with Crippen molar-refractivity contribution in [1.82, 2.24) is 0 Å². The third kappa shape index (κ3) is 4.61. The number of aryl methyl sites for hydroxylation is 1. The molecule has 0 aliphatic carbocycles. The van der Waals surface area contributed by atoms with Gasteiger partial charge in [-0.2, -0.15) is 0 Å². The molecular formula is C20H17N3O7. The predicted molar refractivity (Wildman–Crippen MR) is 105 cm³/mol. The molecular weight excluding hydrogens is 394 g/mol. The monoisotopic (exact) mass is 411 g/mol. The van der Waals surface area contributed by atoms with Crippen molar-refractivity contribution in [3.05, 3.63) is 75.7 Å². The molecule has 3 rings (SSSR count). The van der Waals surface area contributed by atoms with Crippen molar-refractivity contribution in [2.45, 2.75) is 6.92 Å². The first-order chi connectivity index (χ1) is 14.4. The van der Waals surface area contributed by atoms with Gasteiger partial charge in [0.05, 0.1) is 4.92 Å². The molecule has 0 spiro atoms. The van der Waals surface area contributed by atoms with E-state index in [1.165, 1.54) is 12.1 Å². The second-order valence-electron chi connectivity index (χ2n) is 6.26. The minimum absolute atomic E-state index is 0.00877. The number of nitrogens with one attached hydrogen (secondary N) is 2. The Morgan fingerprint density at radius 1 is 1.17 bits per heavy atom. The zero-order valence-electron chi connectivity index (χ0n) is 15.8. The fourth-order valence-corrected chi connectivity index (χ4v) is 2.71. The van der Waals surface area contributed by atoms with Crippen LogP contribution in [-0.2, 0) is 23.9 Å². The highest BCUT2D eigenvalue weighted by Crippen LogP contribution is 2.27. The van der Waals surface area contributed by atoms with Gasteiger partial charge in [-0.1, -0.05) is 30.3 Å². The molecule has 0 unspecified atom stereocenters. The number of amides is 1. The van der Waals surface area contributed by atoms with E-state index >= 15 is 0 Å². The fourth-order valence-electron chi connectivity index (χ4n) is 2.71. The van der Waals surface area contributed by atoms with Crippen LogP contribution < -0.4 is 10.6 Å². The fraction of sp³-hybridized carbons (Fsp3) is 0.150. The second kappa shape index (κ2) is 8.86. The minimum Gasteiger partial charge on any atom is -0.470 e. The summed E-state index contributed by atoms with van der Waals surface area (Å²) < 4.78 is 10.1. The topological polar surface area (TPSA) is 137 Å². The SMILES string of the molecule is Cc1cccc([N+](=O)[O-])c1NC(=O)COC(=O)C1=C(Nc2ccccc2)OCC1=O. The Kier molecular flexibility index (Phi) is 6.06. The Labute approximate surface area is 170 Å². The van der Waals surface area contributed by atoms with Crippen molar-refractivity contribution in [3.8, 4) is 0 Å². The summed E-state index contributed by atoms with van der Waals surface area (Å²) in [5.41, 5.74) is 0.450. The number of anilines is 2. The standard InChI is InChI=1S/C20H17N3O7/c1-12-6-5-9-14(23(27)28)18(12)22-16(25)11-30-20(26)17-15(24)10-29-19(17)21-13-7-3-2-4-8-13/h2-9,21H,10-11H2,1H3,(H,22,25). The average Bonchev–Trinajstić information content (AvgIpc) is 3.08. The van der Waals surface area contributed by atoms with E-state index in [0.29, 0.717) is 11.3 Å². The number of benzene rings is 2. The lowest BCUT2D eigenvalue weighted by Gasteiger charge is -2.10. The summed E-state index contributed by atoms with van der Waals surface area (Å²) in [7, 11) is 0. The van der Waals surface area contributed by atoms with Crippen molar-refractivity contribution in [1.29, 1.82) is 0 Å². The number of carbonyl (C=O) groups is 3. The van der Waals surface area contributed by atoms with Gasteiger partial charge < -0.3 is 20.1 Å². The summed E-state index contributed by atoms with van der Waals surface area (Å²) in [6, 6.07) is 13.1. The molecule has 0 fully saturated rings. The number of ketones is 1. The Morgan fingerprint density at radius 3 is 2.60 bits per heavy atom. The van der Waals surface area contributed by atoms with Crippen molar-refractivity contribution < 1.29 is 28.8 Å². The highest BCUT2D eigenvalue weighted by Gasteiger charge is 2.33. The lowest BCUT2D eigenvalue weighted by atomic mass is 10.1. The normalized spacial score (nSPS) is 12.9. The van der Waals surface area contributed by atoms with Crippen LogP contribution in [0.1, 0.15) is 5.56 Å². The summed E-state index contributed by atoms with van der Waals surface area (Å²) in [5.74, 6) is -2.48. The molecule has 1 aliphatic heterocycles. The van der Waals surface area contributed by atoms with E-state index in [2.05, 4.69) is 10.6 Å². The Hall–Kier alpha value is -4.21. The van der Waals surface area contributed by atoms with Crippen LogP contribution in [0.25, 0.3) is 0 Å². The molecule has 10 heteroatoms. The summed E-state index contributed by atoms with van der Waals surface area (Å²) in [6.45, 7) is 0.524. The highest BCUT2D eigenvalue weighted by atomic mass is 16.6. The molecule has 0 aromatic heterocycles. The second-order valence-corrected chi connectivity index (χ2v) is 6.26. The van der Waals surface area contributed by atoms with E-state index in [4.69, 9.17) is 9.47 Å². The maximum absolute atomic E-state index is 12.3. The van der Waals surface area contributed by atoms with E-state index < -0.39 is 29.2 Å². The molecule has 0 saturated heterocycles. The quantitative estimate of drug-likeness (QED) is 0.306. The molecule has 1 heterocycles. The zero-order chi connectivity index (χ0) is 21.7. The van der Waals surface area contributed by atoms with Gasteiger partial charge in [0.25, 0.3) is 11.6 Å². The molecule has 30 heavy (non-hydrogen) atoms. The van der Waals surface area contributed by atoms with Crippen LogP contribution in [0, 0.1) is 17.0 Å². The Morgan fingerprint density at radius 2 is 1.90 bits per heavy atom. The van der Waals surface area contributed by atoms with Crippen molar-refractivity contribution in [2.24, 2.45) is 0 Å². The van der Waals surface area contributed by atoms with Gasteiger partial charge in [0.15, 0.2) is 18.8 Å². The molecule has 154 valence electrons. The van der Waals surface area contributed by atoms with Gasteiger partial charge in [-0.05, 0) is 24.6 Å². The van der Waals surface area contributed by atoms with E-state index in [1.54, 1.807) is 43.3 Å². The number of rotatable bonds is 7. The largest absolute Gasteiger partial charge is 0.470 e. The van der Waals surface area contributed by atoms with Crippen LogP contribution in [0.4, 0.5) is 17.1 Å². The molecule has 0 bridgehead atoms. The molecule has 1 aliphatic rings. The summed E-state index contributed by atoms with van der Waals surface area (Å²) in [6.07, 6.45) is 0. The first kappa shape index (κ1) is 20.5. The predicted octanol–water partition coefficient (Wildman–Crippen LogP) is 2.31. The molecule has 2 aromatic carbocycles. The van der Waals surface area contributed by atoms with Crippen molar-refractivity contribution in [3.63, 3.8) is 0 Å². The molecule has 10 nitrogen and oxygen atoms in total. The number of carbonyl (C=O) groups excluding carboxylic acids is 3. The average molecular weight is 411 g/mol. The number of hydrogen-bond donors (Lipinski definition) is 2. The van der Waals surface area contributed by atoms with E-state index in [-0.39, 0.29) is 29.4 Å². The number of nitrogens with zero attached hydrogens (tertiary/aromatic N) is 1. The van der Waals surface area contributed by atoms with Crippen LogP contribution in [0.3, 0.4) is 0 Å². The number of nitro groups is 1. The zero-order valence-corrected chi connectivity index (χ0v) is 15.8. The Bertz CT molecular complexity index is 1050. The van der Waals surface area contributed by atoms with Crippen LogP contribution >= 0.6 is 0 Å². The number of esters is 1. The first-order valence-corrected chi connectivity index (χ1v) is 8.80. The highest BCUT2D eigenvalue weighted by molar-refractivity contribution is 6.20. The number of para-hydroxylation sites is 2. The van der Waals surface area contributed by atoms with Gasteiger partial charge >= 0.3 is 5.97 Å². The van der Waals surface area contributed by atoms with Crippen molar-refractivity contribution >= 4 is 34.7 Å². The summed E-state index contributed by atoms with van der Waals surface area (Å²) in [5, 5.41) is 16.3. The first-order valence-electron chi connectivity index (χ1n) is 8.80. The molecule has 2 aromatic rings. The van der Waals surface area contributed by atoms with Gasteiger partial charge in [-0.25, -0.2) is 4.79 Å². The number of Topliss-reactive ketones (excluding diaryl/α,β-unsaturated/α-hetero) is 1. The Balaban J connectivity index is 1.67. The third-order valence-corrected chi connectivity index (χ3v) is 4.14. The van der Waals surface area contributed by atoms with Crippen LogP contribution in [0.5, 0.6) is 0 Å². The number of nitro benzene ring substituents is 1. The minimum atomic E-state index is -1.04. The van der Waals surface area contributed by atoms with Crippen LogP contribution in [0.2, 0.25) is 0 Å². The van der Waals surface area contributed by atoms with Gasteiger partial charge in [0.2, 0.25) is 11.7 Å². The lowest BCUT2D eigenvalue weighted by Crippen LogP contribution is -2.24. The lowest BCUT2D eigenvalue weighted by molar-refractivity contribution is -0.384. The van der Waals surface area contributed by atoms with Crippen molar-refractivity contribution in [2.75, 3.05) is 23.8 Å². The summed E-state index contributed by atoms with van der Waals surface area (Å²) in [4.78, 5) is 47.0. The molecule has 2 N–H and O–H groups in total. The number of ether oxygens (including phenoxy) is 2. The van der Waals surface area contributed by atoms with Gasteiger partial charge in [0.1, 0.15) is 5.69 Å². The van der Waals surface area contributed by atoms with Gasteiger partial charge in [-0.15, -0.1) is 0 Å². The maximum atomic E-state index is 12.3. The molecule has 0 saturated carbocycles. The summed E-state index contributed by atoms with van der Waals surface area (Å²) >= 11 is 0. The van der Waals surface area contributed by atoms with E-state index in [9.17, 15) is 24.5 Å². The van der Waals surface area contributed by atoms with E-state index in [0.717, 1.165) is 0 Å². The van der Waals surface area contributed by atoms with Gasteiger partial charge in [0, 0.05) is 11.8 Å². The van der Waals surface area contributed by atoms with E-state index in [1.807, 2.05) is 0 Å². The molecule has 0 radical (unpaired) electrons. The number of hydrogen-bond acceptors (Lipinski definition) is 8. The molecule has 1 amide bonds. The third-order valence-electron chi connectivity index (χ3n) is 4.14. The van der Waals surface area contributed by atoms with Gasteiger partial charge in [-0.3, -0.25) is 19.7 Å². The maximum Gasteiger partial charge on any atom is 0.347 e. The van der Waals surface area contributed by atoms with Crippen LogP contribution in [0.15, 0.2) is 60.0 Å². The molecule has 0 atom stereocenters. The van der Waals surface area contributed by atoms with Crippen LogP contribution in [-0.4, -0.2) is 35.8 Å².